The molecule has 0 fully saturated rings. The molecule has 0 saturated carbocycles. The second-order valence-corrected chi connectivity index (χ2v) is 13.0. The molecule has 1 spiro atoms. The molecule has 0 amide bonds. The molecule has 41 heavy (non-hydrogen) atoms. The Kier molecular flexibility index (Phi) is 4.92. The Balaban J connectivity index is 1.55. The van der Waals surface area contributed by atoms with Crippen molar-refractivity contribution in [2.75, 3.05) is 0 Å². The highest BCUT2D eigenvalue weighted by Gasteiger charge is 2.48. The smallest absolute Gasteiger partial charge is 0.0619 e. The quantitative estimate of drug-likeness (QED) is 0.143. The summed E-state index contributed by atoms with van der Waals surface area (Å²) in [5.74, 6) is 0. The van der Waals surface area contributed by atoms with E-state index in [0.717, 1.165) is 8.95 Å². The van der Waals surface area contributed by atoms with Crippen LogP contribution in [0.3, 0.4) is 0 Å². The number of hydrogen-bond donors (Lipinski definition) is 0. The Morgan fingerprint density at radius 1 is 0.366 bits per heavy atom. The van der Waals surface area contributed by atoms with Gasteiger partial charge in [-0.2, -0.15) is 0 Å². The molecular weight excluding hydrogens is 628 g/mol. The largest absolute Gasteiger partial charge is 0.0726 e. The van der Waals surface area contributed by atoms with Gasteiger partial charge in [-0.1, -0.05) is 129 Å². The van der Waals surface area contributed by atoms with Crippen molar-refractivity contribution in [1.82, 2.24) is 0 Å². The lowest BCUT2D eigenvalue weighted by Gasteiger charge is -2.35. The lowest BCUT2D eigenvalue weighted by atomic mass is 9.66. The lowest BCUT2D eigenvalue weighted by molar-refractivity contribution is 0.766. The van der Waals surface area contributed by atoms with E-state index in [1.807, 2.05) is 0 Å². The number of halogens is 2. The Hall–Kier alpha value is -3.98. The van der Waals surface area contributed by atoms with Gasteiger partial charge in [0.2, 0.25) is 0 Å². The average Bonchev–Trinajstić information content (AvgIpc) is 3.22. The van der Waals surface area contributed by atoms with Crippen molar-refractivity contribution in [2.24, 2.45) is 0 Å². The van der Waals surface area contributed by atoms with Gasteiger partial charge in [-0.25, -0.2) is 0 Å². The molecule has 2 aliphatic carbocycles. The molecule has 0 aliphatic heterocycles. The van der Waals surface area contributed by atoms with Gasteiger partial charge >= 0.3 is 0 Å². The minimum atomic E-state index is -0.478. The normalized spacial score (nSPS) is 14.2. The molecule has 0 aromatic heterocycles. The number of hydrogen-bond acceptors (Lipinski definition) is 0. The van der Waals surface area contributed by atoms with Gasteiger partial charge in [0, 0.05) is 8.95 Å². The van der Waals surface area contributed by atoms with E-state index in [1.54, 1.807) is 0 Å². The summed E-state index contributed by atoms with van der Waals surface area (Å²) in [6.07, 6.45) is 4.57. The van der Waals surface area contributed by atoms with Crippen molar-refractivity contribution in [1.29, 1.82) is 0 Å². The summed E-state index contributed by atoms with van der Waals surface area (Å²) in [4.78, 5) is 0. The molecule has 0 N–H and O–H groups in total. The van der Waals surface area contributed by atoms with Crippen LogP contribution in [0.25, 0.3) is 55.6 Å². The molecule has 0 bridgehead atoms. The Morgan fingerprint density at radius 3 is 1.44 bits per heavy atom. The molecule has 2 heteroatoms. The summed E-state index contributed by atoms with van der Waals surface area (Å²) in [5, 5.41) is 7.81. The van der Waals surface area contributed by atoms with Crippen LogP contribution in [0, 0.1) is 0 Å². The maximum atomic E-state index is 3.85. The molecule has 192 valence electrons. The number of rotatable bonds is 0. The van der Waals surface area contributed by atoms with Crippen LogP contribution >= 0.6 is 31.9 Å². The number of fused-ring (bicyclic) bond motifs is 15. The molecule has 7 aromatic carbocycles. The first-order valence-electron chi connectivity index (χ1n) is 13.9. The second kappa shape index (κ2) is 8.52. The summed E-state index contributed by atoms with van der Waals surface area (Å²) in [6, 6.07) is 45.3. The first-order chi connectivity index (χ1) is 20.1. The zero-order chi connectivity index (χ0) is 27.3. The Bertz CT molecular complexity index is 2230. The van der Waals surface area contributed by atoms with Crippen LogP contribution in [0.2, 0.25) is 0 Å². The highest BCUT2D eigenvalue weighted by Crippen LogP contribution is 2.60. The SMILES string of the molecule is Brc1ccc2c(c1)C1(c3cc(Br)ccc3C=C2)c2ccccc2-c2cc3c4ccccc4c4ccccc4c3cc21. The van der Waals surface area contributed by atoms with Crippen LogP contribution in [0.4, 0.5) is 0 Å². The van der Waals surface area contributed by atoms with E-state index in [1.165, 1.54) is 76.8 Å². The molecule has 0 atom stereocenters. The fraction of sp³-hybridized carbons (Fsp3) is 0.0256. The maximum Gasteiger partial charge on any atom is 0.0726 e. The van der Waals surface area contributed by atoms with E-state index >= 15 is 0 Å². The summed E-state index contributed by atoms with van der Waals surface area (Å²) >= 11 is 7.69. The monoisotopic (exact) mass is 648 g/mol. The minimum absolute atomic E-state index is 0.478. The van der Waals surface area contributed by atoms with Gasteiger partial charge in [-0.15, -0.1) is 0 Å². The van der Waals surface area contributed by atoms with Crippen molar-refractivity contribution < 1.29 is 0 Å². The van der Waals surface area contributed by atoms with E-state index in [-0.39, 0.29) is 0 Å². The van der Waals surface area contributed by atoms with Crippen molar-refractivity contribution in [2.45, 2.75) is 5.41 Å². The second-order valence-electron chi connectivity index (χ2n) is 11.1. The summed E-state index contributed by atoms with van der Waals surface area (Å²) in [7, 11) is 0. The van der Waals surface area contributed by atoms with E-state index < -0.39 is 5.41 Å². The first-order valence-corrected chi connectivity index (χ1v) is 15.5. The number of benzene rings is 7. The van der Waals surface area contributed by atoms with E-state index in [2.05, 4.69) is 165 Å². The third kappa shape index (κ3) is 3.10. The van der Waals surface area contributed by atoms with Gasteiger partial charge in [-0.05, 0) is 113 Å². The van der Waals surface area contributed by atoms with Gasteiger partial charge in [0.05, 0.1) is 5.41 Å². The summed E-state index contributed by atoms with van der Waals surface area (Å²) in [5.41, 5.74) is 9.90. The molecule has 0 radical (unpaired) electrons. The first kappa shape index (κ1) is 23.7. The van der Waals surface area contributed by atoms with Crippen LogP contribution in [0.15, 0.2) is 130 Å². The Morgan fingerprint density at radius 2 is 0.854 bits per heavy atom. The highest BCUT2D eigenvalue weighted by molar-refractivity contribution is 9.10. The molecule has 9 rings (SSSR count). The fourth-order valence-electron chi connectivity index (χ4n) is 7.58. The van der Waals surface area contributed by atoms with Gasteiger partial charge in [0.1, 0.15) is 0 Å². The summed E-state index contributed by atoms with van der Waals surface area (Å²) in [6.45, 7) is 0. The van der Waals surface area contributed by atoms with Crippen LogP contribution in [-0.2, 0) is 5.41 Å². The van der Waals surface area contributed by atoms with Gasteiger partial charge in [-0.3, -0.25) is 0 Å². The maximum absolute atomic E-state index is 3.85. The van der Waals surface area contributed by atoms with Crippen LogP contribution in [0.5, 0.6) is 0 Å². The van der Waals surface area contributed by atoms with Crippen molar-refractivity contribution >= 4 is 76.3 Å². The molecule has 0 unspecified atom stereocenters. The lowest BCUT2D eigenvalue weighted by Crippen LogP contribution is -2.30. The van der Waals surface area contributed by atoms with Crippen LogP contribution in [-0.4, -0.2) is 0 Å². The van der Waals surface area contributed by atoms with Gasteiger partial charge < -0.3 is 0 Å². The summed E-state index contributed by atoms with van der Waals surface area (Å²) < 4.78 is 2.18. The molecule has 0 nitrogen and oxygen atoms in total. The fourth-order valence-corrected chi connectivity index (χ4v) is 8.30. The van der Waals surface area contributed by atoms with Crippen molar-refractivity contribution in [3.05, 3.63) is 164 Å². The Labute approximate surface area is 255 Å². The van der Waals surface area contributed by atoms with Gasteiger partial charge in [0.25, 0.3) is 0 Å². The zero-order valence-electron chi connectivity index (χ0n) is 22.0. The molecule has 0 saturated heterocycles. The van der Waals surface area contributed by atoms with E-state index in [9.17, 15) is 0 Å². The van der Waals surface area contributed by atoms with E-state index in [4.69, 9.17) is 0 Å². The third-order valence-electron chi connectivity index (χ3n) is 9.19. The predicted molar refractivity (Wildman–Crippen MR) is 181 cm³/mol. The molecule has 7 aromatic rings. The standard InChI is InChI=1S/C39H22Br2/c40-25-17-15-23-13-14-24-16-18-26(41)20-37(24)39(36(23)19-25)35-12-6-5-11-31(35)34-21-32-29-9-3-1-7-27(29)28-8-2-4-10-30(28)33(32)22-38(34)39/h1-22H. The van der Waals surface area contributed by atoms with Crippen molar-refractivity contribution in [3.63, 3.8) is 0 Å². The molecule has 0 heterocycles. The zero-order valence-corrected chi connectivity index (χ0v) is 25.1. The van der Waals surface area contributed by atoms with Crippen LogP contribution in [0.1, 0.15) is 33.4 Å². The minimum Gasteiger partial charge on any atom is -0.0619 e. The van der Waals surface area contributed by atoms with Crippen molar-refractivity contribution in [3.8, 4) is 11.1 Å². The molecular formula is C39H22Br2. The van der Waals surface area contributed by atoms with E-state index in [0.29, 0.717) is 0 Å². The topological polar surface area (TPSA) is 0 Å². The van der Waals surface area contributed by atoms with Gasteiger partial charge in [0.15, 0.2) is 0 Å². The molecule has 2 aliphatic rings. The third-order valence-corrected chi connectivity index (χ3v) is 10.2. The highest BCUT2D eigenvalue weighted by atomic mass is 79.9. The average molecular weight is 650 g/mol. The predicted octanol–water partition coefficient (Wildman–Crippen LogP) is 11.5. The van der Waals surface area contributed by atoms with Crippen LogP contribution < -0.4 is 0 Å².